The fourth-order valence-corrected chi connectivity index (χ4v) is 1.75. The summed E-state index contributed by atoms with van der Waals surface area (Å²) in [5.41, 5.74) is 0.356. The van der Waals surface area contributed by atoms with Gasteiger partial charge in [0, 0.05) is 11.7 Å². The fraction of sp³-hybridized carbons (Fsp3) is 0.429. The third-order valence-corrected chi connectivity index (χ3v) is 3.01. The molecule has 0 saturated heterocycles. The van der Waals surface area contributed by atoms with E-state index in [1.807, 2.05) is 13.8 Å². The minimum Gasteiger partial charge on any atom is -0.480 e. The van der Waals surface area contributed by atoms with Crippen LogP contribution < -0.4 is 5.32 Å². The minimum absolute atomic E-state index is 0.0237. The molecule has 1 aromatic carbocycles. The Morgan fingerprint density at radius 2 is 2.10 bits per heavy atom. The van der Waals surface area contributed by atoms with E-state index in [1.54, 1.807) is 11.0 Å². The number of hydrogen-bond donors (Lipinski definition) is 2. The molecule has 0 heterocycles. The number of halogens is 1. The molecule has 0 aliphatic heterocycles. The number of carboxylic acid groups (broad SMARTS) is 1. The van der Waals surface area contributed by atoms with Crippen molar-refractivity contribution in [3.8, 4) is 0 Å². The van der Waals surface area contributed by atoms with E-state index in [0.717, 1.165) is 6.42 Å². The van der Waals surface area contributed by atoms with Crippen molar-refractivity contribution in [1.82, 2.24) is 4.90 Å². The van der Waals surface area contributed by atoms with Gasteiger partial charge >= 0.3 is 5.97 Å². The third-order valence-electron chi connectivity index (χ3n) is 3.01. The van der Waals surface area contributed by atoms with Crippen LogP contribution in [0.5, 0.6) is 0 Å². The van der Waals surface area contributed by atoms with Crippen LogP contribution in [-0.2, 0) is 9.59 Å². The first-order chi connectivity index (χ1) is 9.42. The Bertz CT molecular complexity index is 479. The van der Waals surface area contributed by atoms with Crippen molar-refractivity contribution >= 4 is 17.6 Å². The molecule has 1 amide bonds. The van der Waals surface area contributed by atoms with Crippen molar-refractivity contribution in [3.63, 3.8) is 0 Å². The van der Waals surface area contributed by atoms with Crippen LogP contribution in [0.2, 0.25) is 0 Å². The topological polar surface area (TPSA) is 69.6 Å². The van der Waals surface area contributed by atoms with Crippen LogP contribution in [0.1, 0.15) is 20.3 Å². The highest BCUT2D eigenvalue weighted by molar-refractivity contribution is 5.92. The van der Waals surface area contributed by atoms with Gasteiger partial charge in [0.15, 0.2) is 0 Å². The van der Waals surface area contributed by atoms with Gasteiger partial charge in [-0.05, 0) is 31.5 Å². The highest BCUT2D eigenvalue weighted by atomic mass is 19.1. The number of anilines is 1. The van der Waals surface area contributed by atoms with Gasteiger partial charge in [-0.1, -0.05) is 13.0 Å². The Hall–Kier alpha value is -1.95. The van der Waals surface area contributed by atoms with Gasteiger partial charge in [0.05, 0.1) is 13.1 Å². The van der Waals surface area contributed by atoms with Crippen LogP contribution in [0.4, 0.5) is 10.1 Å². The first-order valence-corrected chi connectivity index (χ1v) is 6.43. The largest absolute Gasteiger partial charge is 0.480 e. The maximum Gasteiger partial charge on any atom is 0.317 e. The number of nitrogens with zero attached hydrogens (tertiary/aromatic N) is 1. The van der Waals surface area contributed by atoms with E-state index in [9.17, 15) is 14.0 Å². The standard InChI is InChI=1S/C14H19FN2O3/c1-3-10(2)17(9-14(19)20)8-13(18)16-12-6-4-5-11(15)7-12/h4-7,10H,3,8-9H2,1-2H3,(H,16,18)(H,19,20). The second-order valence-electron chi connectivity index (χ2n) is 4.61. The molecule has 0 spiro atoms. The van der Waals surface area contributed by atoms with Crippen LogP contribution >= 0.6 is 0 Å². The molecular formula is C14H19FN2O3. The lowest BCUT2D eigenvalue weighted by Crippen LogP contribution is -2.42. The molecule has 20 heavy (non-hydrogen) atoms. The van der Waals surface area contributed by atoms with E-state index in [4.69, 9.17) is 5.11 Å². The zero-order chi connectivity index (χ0) is 15.1. The number of aliphatic carboxylic acids is 1. The number of carboxylic acids is 1. The summed E-state index contributed by atoms with van der Waals surface area (Å²) in [6.07, 6.45) is 0.737. The summed E-state index contributed by atoms with van der Waals surface area (Å²) in [5.74, 6) is -1.78. The molecule has 0 fully saturated rings. The van der Waals surface area contributed by atoms with E-state index in [2.05, 4.69) is 5.32 Å². The molecule has 0 radical (unpaired) electrons. The van der Waals surface area contributed by atoms with E-state index >= 15 is 0 Å². The molecule has 0 aromatic heterocycles. The molecule has 1 unspecified atom stereocenters. The number of carbonyl (C=O) groups is 2. The molecule has 0 aliphatic rings. The van der Waals surface area contributed by atoms with Crippen LogP contribution in [0.15, 0.2) is 24.3 Å². The highest BCUT2D eigenvalue weighted by Crippen LogP contribution is 2.10. The quantitative estimate of drug-likeness (QED) is 0.802. The van der Waals surface area contributed by atoms with Gasteiger partial charge in [-0.15, -0.1) is 0 Å². The molecule has 110 valence electrons. The zero-order valence-corrected chi connectivity index (χ0v) is 11.6. The minimum atomic E-state index is -0.983. The molecule has 0 saturated carbocycles. The zero-order valence-electron chi connectivity index (χ0n) is 11.6. The predicted molar refractivity (Wildman–Crippen MR) is 74.0 cm³/mol. The lowest BCUT2D eigenvalue weighted by Gasteiger charge is -2.25. The SMILES string of the molecule is CCC(C)N(CC(=O)O)CC(=O)Nc1cccc(F)c1. The van der Waals surface area contributed by atoms with Crippen LogP contribution in [0.3, 0.4) is 0 Å². The molecular weight excluding hydrogens is 263 g/mol. The second-order valence-corrected chi connectivity index (χ2v) is 4.61. The number of rotatable bonds is 7. The molecule has 2 N–H and O–H groups in total. The van der Waals surface area contributed by atoms with Crippen LogP contribution in [0, 0.1) is 5.82 Å². The molecule has 0 aliphatic carbocycles. The first kappa shape index (κ1) is 16.1. The smallest absolute Gasteiger partial charge is 0.317 e. The Kier molecular flexibility index (Phi) is 6.11. The van der Waals surface area contributed by atoms with Gasteiger partial charge in [0.2, 0.25) is 5.91 Å². The van der Waals surface area contributed by atoms with Crippen molar-refractivity contribution in [3.05, 3.63) is 30.1 Å². The molecule has 1 rings (SSSR count). The monoisotopic (exact) mass is 282 g/mol. The lowest BCUT2D eigenvalue weighted by atomic mass is 10.2. The van der Waals surface area contributed by atoms with Gasteiger partial charge in [0.1, 0.15) is 5.82 Å². The summed E-state index contributed by atoms with van der Waals surface area (Å²) in [6.45, 7) is 3.53. The lowest BCUT2D eigenvalue weighted by molar-refractivity contribution is -0.139. The van der Waals surface area contributed by atoms with Crippen LogP contribution in [0.25, 0.3) is 0 Å². The summed E-state index contributed by atoms with van der Waals surface area (Å²) < 4.78 is 13.0. The Morgan fingerprint density at radius 1 is 1.40 bits per heavy atom. The summed E-state index contributed by atoms with van der Waals surface area (Å²) in [4.78, 5) is 24.2. The van der Waals surface area contributed by atoms with Crippen molar-refractivity contribution in [2.24, 2.45) is 0 Å². The van der Waals surface area contributed by atoms with Crippen molar-refractivity contribution < 1.29 is 19.1 Å². The van der Waals surface area contributed by atoms with E-state index < -0.39 is 11.8 Å². The number of carbonyl (C=O) groups excluding carboxylic acids is 1. The molecule has 6 heteroatoms. The number of nitrogens with one attached hydrogen (secondary N) is 1. The summed E-state index contributed by atoms with van der Waals surface area (Å²) >= 11 is 0. The maximum atomic E-state index is 13.0. The number of benzene rings is 1. The Balaban J connectivity index is 2.63. The Morgan fingerprint density at radius 3 is 2.65 bits per heavy atom. The average Bonchev–Trinajstić information content (AvgIpc) is 2.36. The Labute approximate surface area is 117 Å². The van der Waals surface area contributed by atoms with Crippen LogP contribution in [-0.4, -0.2) is 41.0 Å². The van der Waals surface area contributed by atoms with Gasteiger partial charge in [0.25, 0.3) is 0 Å². The fourth-order valence-electron chi connectivity index (χ4n) is 1.75. The number of hydrogen-bond acceptors (Lipinski definition) is 3. The number of amides is 1. The third kappa shape index (κ3) is 5.36. The first-order valence-electron chi connectivity index (χ1n) is 6.43. The molecule has 1 atom stereocenters. The second kappa shape index (κ2) is 7.59. The summed E-state index contributed by atoms with van der Waals surface area (Å²) in [5, 5.41) is 11.4. The molecule has 1 aromatic rings. The van der Waals surface area contributed by atoms with Crippen molar-refractivity contribution in [1.29, 1.82) is 0 Å². The van der Waals surface area contributed by atoms with Crippen molar-refractivity contribution in [2.45, 2.75) is 26.3 Å². The van der Waals surface area contributed by atoms with Gasteiger partial charge in [-0.3, -0.25) is 14.5 Å². The molecule has 5 nitrogen and oxygen atoms in total. The van der Waals surface area contributed by atoms with Gasteiger partial charge in [-0.2, -0.15) is 0 Å². The highest BCUT2D eigenvalue weighted by Gasteiger charge is 2.18. The molecule has 0 bridgehead atoms. The summed E-state index contributed by atoms with van der Waals surface area (Å²) in [7, 11) is 0. The van der Waals surface area contributed by atoms with E-state index in [-0.39, 0.29) is 25.0 Å². The normalized spacial score (nSPS) is 12.2. The van der Waals surface area contributed by atoms with Crippen molar-refractivity contribution in [2.75, 3.05) is 18.4 Å². The maximum absolute atomic E-state index is 13.0. The van der Waals surface area contributed by atoms with Gasteiger partial charge < -0.3 is 10.4 Å². The average molecular weight is 282 g/mol. The summed E-state index contributed by atoms with van der Waals surface area (Å²) in [6, 6.07) is 5.54. The van der Waals surface area contributed by atoms with E-state index in [1.165, 1.54) is 18.2 Å². The predicted octanol–water partition coefficient (Wildman–Crippen LogP) is 1.95. The van der Waals surface area contributed by atoms with E-state index in [0.29, 0.717) is 5.69 Å². The van der Waals surface area contributed by atoms with Gasteiger partial charge in [-0.25, -0.2) is 4.39 Å².